The molecule has 2 N–H and O–H groups in total. The summed E-state index contributed by atoms with van der Waals surface area (Å²) in [4.78, 5) is 7.70. The van der Waals surface area contributed by atoms with E-state index in [4.69, 9.17) is 0 Å². The Balaban J connectivity index is 2.07. The summed E-state index contributed by atoms with van der Waals surface area (Å²) in [7, 11) is 1.87. The monoisotopic (exact) mass is 293 g/mol. The molecule has 0 amide bonds. The van der Waals surface area contributed by atoms with Gasteiger partial charge in [-0.25, -0.2) is 4.98 Å². The molecule has 17 heavy (non-hydrogen) atoms. The Kier molecular flexibility index (Phi) is 3.84. The largest absolute Gasteiger partial charge is 0.359 e. The standard InChI is InChI=1S/C13H16BrN3/c1-9-12(17-13(15-2)16-9)8-7-10-5-3-4-6-11(10)14/h3-6H,7-8H2,1-2H3,(H2,15,16,17). The second-order valence-corrected chi connectivity index (χ2v) is 4.85. The number of halogens is 1. The first-order valence-electron chi connectivity index (χ1n) is 5.67. The summed E-state index contributed by atoms with van der Waals surface area (Å²) < 4.78 is 1.17. The van der Waals surface area contributed by atoms with Crippen molar-refractivity contribution >= 4 is 21.9 Å². The number of benzene rings is 1. The second-order valence-electron chi connectivity index (χ2n) is 4.00. The first kappa shape index (κ1) is 12.2. The molecule has 0 radical (unpaired) electrons. The maximum Gasteiger partial charge on any atom is 0.200 e. The highest BCUT2D eigenvalue weighted by Gasteiger charge is 2.06. The maximum atomic E-state index is 4.49. The zero-order valence-electron chi connectivity index (χ0n) is 10.0. The molecule has 1 aromatic heterocycles. The van der Waals surface area contributed by atoms with Crippen molar-refractivity contribution in [3.8, 4) is 0 Å². The minimum Gasteiger partial charge on any atom is -0.359 e. The van der Waals surface area contributed by atoms with Gasteiger partial charge >= 0.3 is 0 Å². The lowest BCUT2D eigenvalue weighted by Gasteiger charge is -2.02. The fourth-order valence-electron chi connectivity index (χ4n) is 1.81. The van der Waals surface area contributed by atoms with Crippen molar-refractivity contribution in [2.24, 2.45) is 0 Å². The molecule has 0 saturated heterocycles. The Hall–Kier alpha value is -1.29. The fourth-order valence-corrected chi connectivity index (χ4v) is 2.30. The van der Waals surface area contributed by atoms with Crippen LogP contribution < -0.4 is 5.32 Å². The van der Waals surface area contributed by atoms with Crippen LogP contribution in [-0.2, 0) is 12.8 Å². The number of imidazole rings is 1. The van der Waals surface area contributed by atoms with Gasteiger partial charge in [0.15, 0.2) is 5.95 Å². The van der Waals surface area contributed by atoms with E-state index < -0.39 is 0 Å². The van der Waals surface area contributed by atoms with Crippen LogP contribution >= 0.6 is 15.9 Å². The Bertz CT molecular complexity index is 505. The summed E-state index contributed by atoms with van der Waals surface area (Å²) in [6.07, 6.45) is 1.95. The van der Waals surface area contributed by atoms with Crippen molar-refractivity contribution in [1.82, 2.24) is 9.97 Å². The molecule has 3 nitrogen and oxygen atoms in total. The minimum atomic E-state index is 0.838. The Morgan fingerprint density at radius 1 is 1.29 bits per heavy atom. The van der Waals surface area contributed by atoms with Crippen molar-refractivity contribution in [2.75, 3.05) is 12.4 Å². The molecule has 4 heteroatoms. The van der Waals surface area contributed by atoms with Crippen LogP contribution in [0.4, 0.5) is 5.95 Å². The van der Waals surface area contributed by atoms with E-state index in [2.05, 4.69) is 56.3 Å². The third-order valence-corrected chi connectivity index (χ3v) is 3.58. The number of H-pyrrole nitrogens is 1. The molecule has 0 saturated carbocycles. The highest BCUT2D eigenvalue weighted by molar-refractivity contribution is 9.10. The molecule has 0 aliphatic carbocycles. The molecule has 2 aromatic rings. The number of aromatic nitrogens is 2. The molecule has 1 aromatic carbocycles. The van der Waals surface area contributed by atoms with Gasteiger partial charge in [-0.15, -0.1) is 0 Å². The van der Waals surface area contributed by atoms with Crippen LogP contribution in [0.15, 0.2) is 28.7 Å². The van der Waals surface area contributed by atoms with Gasteiger partial charge < -0.3 is 10.3 Å². The Labute approximate surface area is 110 Å². The van der Waals surface area contributed by atoms with Crippen molar-refractivity contribution in [3.05, 3.63) is 45.7 Å². The van der Waals surface area contributed by atoms with Crippen molar-refractivity contribution in [3.63, 3.8) is 0 Å². The number of aromatic amines is 1. The summed E-state index contributed by atoms with van der Waals surface area (Å²) in [5.41, 5.74) is 3.59. The summed E-state index contributed by atoms with van der Waals surface area (Å²) in [5.74, 6) is 0.838. The first-order valence-corrected chi connectivity index (χ1v) is 6.46. The van der Waals surface area contributed by atoms with E-state index >= 15 is 0 Å². The smallest absolute Gasteiger partial charge is 0.200 e. The predicted octanol–water partition coefficient (Wildman–Crippen LogP) is 3.31. The van der Waals surface area contributed by atoms with E-state index in [1.165, 1.54) is 10.0 Å². The topological polar surface area (TPSA) is 40.7 Å². The molecule has 0 bridgehead atoms. The minimum absolute atomic E-state index is 0.838. The van der Waals surface area contributed by atoms with Gasteiger partial charge in [0.1, 0.15) is 0 Å². The molecular weight excluding hydrogens is 278 g/mol. The van der Waals surface area contributed by atoms with Gasteiger partial charge in [-0.3, -0.25) is 0 Å². The predicted molar refractivity (Wildman–Crippen MR) is 74.4 cm³/mol. The van der Waals surface area contributed by atoms with Gasteiger partial charge in [0, 0.05) is 17.2 Å². The quantitative estimate of drug-likeness (QED) is 0.908. The van der Waals surface area contributed by atoms with Crippen molar-refractivity contribution in [1.29, 1.82) is 0 Å². The zero-order valence-corrected chi connectivity index (χ0v) is 11.6. The van der Waals surface area contributed by atoms with Gasteiger partial charge in [-0.1, -0.05) is 34.1 Å². The molecule has 0 unspecified atom stereocenters. The molecule has 90 valence electrons. The summed E-state index contributed by atoms with van der Waals surface area (Å²) >= 11 is 3.57. The van der Waals surface area contributed by atoms with Gasteiger partial charge in [0.2, 0.25) is 0 Å². The maximum absolute atomic E-state index is 4.49. The molecule has 0 aliphatic heterocycles. The van der Waals surface area contributed by atoms with Crippen molar-refractivity contribution in [2.45, 2.75) is 19.8 Å². The third-order valence-electron chi connectivity index (χ3n) is 2.81. The molecule has 2 rings (SSSR count). The van der Waals surface area contributed by atoms with E-state index in [9.17, 15) is 0 Å². The molecule has 0 spiro atoms. The number of nitrogens with zero attached hydrogens (tertiary/aromatic N) is 1. The van der Waals surface area contributed by atoms with Crippen LogP contribution in [-0.4, -0.2) is 17.0 Å². The van der Waals surface area contributed by atoms with Crippen LogP contribution in [0.1, 0.15) is 17.0 Å². The van der Waals surface area contributed by atoms with Gasteiger partial charge in [0.25, 0.3) is 0 Å². The van der Waals surface area contributed by atoms with E-state index in [1.807, 2.05) is 13.1 Å². The van der Waals surface area contributed by atoms with Crippen LogP contribution in [0.5, 0.6) is 0 Å². The molecular formula is C13H16BrN3. The Morgan fingerprint density at radius 3 is 2.71 bits per heavy atom. The normalized spacial score (nSPS) is 10.5. The first-order chi connectivity index (χ1) is 8.20. The van der Waals surface area contributed by atoms with E-state index in [0.717, 1.165) is 30.2 Å². The van der Waals surface area contributed by atoms with Crippen LogP contribution in [0.3, 0.4) is 0 Å². The second kappa shape index (κ2) is 5.36. The lowest BCUT2D eigenvalue weighted by molar-refractivity contribution is 0.910. The van der Waals surface area contributed by atoms with Gasteiger partial charge in [0.05, 0.1) is 5.69 Å². The highest BCUT2D eigenvalue weighted by atomic mass is 79.9. The molecule has 0 aliphatic rings. The lowest BCUT2D eigenvalue weighted by atomic mass is 10.1. The van der Waals surface area contributed by atoms with E-state index in [0.29, 0.717) is 0 Å². The summed E-state index contributed by atoms with van der Waals surface area (Å²) in [6, 6.07) is 8.32. The van der Waals surface area contributed by atoms with Crippen LogP contribution in [0.25, 0.3) is 0 Å². The van der Waals surface area contributed by atoms with Crippen molar-refractivity contribution < 1.29 is 0 Å². The van der Waals surface area contributed by atoms with E-state index in [1.54, 1.807) is 0 Å². The summed E-state index contributed by atoms with van der Waals surface area (Å²) in [6.45, 7) is 2.06. The van der Waals surface area contributed by atoms with Crippen LogP contribution in [0, 0.1) is 6.92 Å². The highest BCUT2D eigenvalue weighted by Crippen LogP contribution is 2.19. The molecule has 1 heterocycles. The van der Waals surface area contributed by atoms with Crippen LogP contribution in [0.2, 0.25) is 0 Å². The summed E-state index contributed by atoms with van der Waals surface area (Å²) in [5, 5.41) is 3.02. The van der Waals surface area contributed by atoms with Gasteiger partial charge in [-0.2, -0.15) is 0 Å². The lowest BCUT2D eigenvalue weighted by Crippen LogP contribution is -1.95. The molecule has 0 fully saturated rings. The third kappa shape index (κ3) is 2.88. The molecule has 0 atom stereocenters. The number of rotatable bonds is 4. The number of hydrogen-bond acceptors (Lipinski definition) is 2. The SMILES string of the molecule is CNc1nc(CCc2ccccc2Br)c(C)[nH]1. The zero-order chi connectivity index (χ0) is 12.3. The van der Waals surface area contributed by atoms with Gasteiger partial charge in [-0.05, 0) is 31.4 Å². The average Bonchev–Trinajstić information content (AvgIpc) is 2.69. The average molecular weight is 294 g/mol. The van der Waals surface area contributed by atoms with E-state index in [-0.39, 0.29) is 0 Å². The Morgan fingerprint density at radius 2 is 2.06 bits per heavy atom. The number of anilines is 1. The fraction of sp³-hybridized carbons (Fsp3) is 0.308. The number of hydrogen-bond donors (Lipinski definition) is 2. The number of nitrogens with one attached hydrogen (secondary N) is 2. The number of aryl methyl sites for hydroxylation is 3.